The van der Waals surface area contributed by atoms with Crippen LogP contribution in [0.1, 0.15) is 11.4 Å². The first-order valence-corrected chi connectivity index (χ1v) is 9.79. The van der Waals surface area contributed by atoms with E-state index in [0.717, 1.165) is 11.1 Å². The van der Waals surface area contributed by atoms with Crippen LogP contribution in [0.2, 0.25) is 5.02 Å². The van der Waals surface area contributed by atoms with Crippen LogP contribution in [-0.4, -0.2) is 36.5 Å². The highest BCUT2D eigenvalue weighted by Gasteiger charge is 2.21. The van der Waals surface area contributed by atoms with Gasteiger partial charge in [0.05, 0.1) is 4.90 Å². The number of aromatic nitrogens is 2. The number of hydrogen-bond acceptors (Lipinski definition) is 5. The van der Waals surface area contributed by atoms with Gasteiger partial charge >= 0.3 is 0 Å². The first-order chi connectivity index (χ1) is 12.4. The lowest BCUT2D eigenvalue weighted by Crippen LogP contribution is -2.29. The number of aryl methyl sites for hydroxylation is 1. The fourth-order valence-corrected chi connectivity index (χ4v) is 3.71. The standard InChI is InChI=1S/C18H18ClN3O3S/c1-13-4-3-5-14(12-13)18-20-17(21-25-18)10-11-22(2)26(23,24)16-8-6-15(19)7-9-16/h3-9,12H,10-11H2,1-2H3. The predicted molar refractivity (Wildman–Crippen MR) is 99.4 cm³/mol. The number of benzene rings is 2. The second kappa shape index (κ2) is 7.57. The lowest BCUT2D eigenvalue weighted by atomic mass is 10.1. The smallest absolute Gasteiger partial charge is 0.257 e. The fourth-order valence-electron chi connectivity index (χ4n) is 2.41. The van der Waals surface area contributed by atoms with Crippen molar-refractivity contribution < 1.29 is 12.9 Å². The van der Waals surface area contributed by atoms with Crippen molar-refractivity contribution in [3.05, 3.63) is 64.9 Å². The van der Waals surface area contributed by atoms with E-state index in [1.54, 1.807) is 12.1 Å². The highest BCUT2D eigenvalue weighted by Crippen LogP contribution is 2.20. The summed E-state index contributed by atoms with van der Waals surface area (Å²) in [6.45, 7) is 2.22. The molecule has 1 heterocycles. The summed E-state index contributed by atoms with van der Waals surface area (Å²) in [5, 5.41) is 4.42. The van der Waals surface area contributed by atoms with Crippen molar-refractivity contribution in [2.75, 3.05) is 13.6 Å². The molecule has 3 rings (SSSR count). The molecule has 0 unspecified atom stereocenters. The lowest BCUT2D eigenvalue weighted by molar-refractivity contribution is 0.415. The predicted octanol–water partition coefficient (Wildman–Crippen LogP) is 3.56. The maximum Gasteiger partial charge on any atom is 0.257 e. The molecule has 3 aromatic rings. The summed E-state index contributed by atoms with van der Waals surface area (Å²) in [5.74, 6) is 0.881. The molecule has 2 aromatic carbocycles. The fraction of sp³-hybridized carbons (Fsp3) is 0.222. The number of likely N-dealkylation sites (N-methyl/N-ethyl adjacent to an activating group) is 1. The van der Waals surface area contributed by atoms with E-state index >= 15 is 0 Å². The minimum absolute atomic E-state index is 0.193. The minimum atomic E-state index is -3.59. The van der Waals surface area contributed by atoms with E-state index in [1.165, 1.54) is 23.5 Å². The van der Waals surface area contributed by atoms with Crippen LogP contribution >= 0.6 is 11.6 Å². The van der Waals surface area contributed by atoms with Crippen LogP contribution < -0.4 is 0 Å². The molecule has 0 radical (unpaired) electrons. The molecule has 0 bridgehead atoms. The van der Waals surface area contributed by atoms with Crippen LogP contribution in [0.4, 0.5) is 0 Å². The lowest BCUT2D eigenvalue weighted by Gasteiger charge is -2.16. The average molecular weight is 392 g/mol. The van der Waals surface area contributed by atoms with Crippen LogP contribution in [0.5, 0.6) is 0 Å². The minimum Gasteiger partial charge on any atom is -0.334 e. The maximum atomic E-state index is 12.5. The zero-order chi connectivity index (χ0) is 18.7. The summed E-state index contributed by atoms with van der Waals surface area (Å²) < 4.78 is 31.6. The van der Waals surface area contributed by atoms with Gasteiger partial charge in [-0.1, -0.05) is 34.5 Å². The molecule has 0 saturated carbocycles. The Kier molecular flexibility index (Phi) is 5.41. The highest BCUT2D eigenvalue weighted by molar-refractivity contribution is 7.89. The van der Waals surface area contributed by atoms with E-state index in [-0.39, 0.29) is 11.4 Å². The van der Waals surface area contributed by atoms with Crippen LogP contribution in [0.3, 0.4) is 0 Å². The summed E-state index contributed by atoms with van der Waals surface area (Å²) in [4.78, 5) is 4.54. The number of nitrogens with zero attached hydrogens (tertiary/aromatic N) is 3. The maximum absolute atomic E-state index is 12.5. The van der Waals surface area contributed by atoms with Crippen LogP contribution in [0.25, 0.3) is 11.5 Å². The Labute approximate surface area is 157 Å². The third-order valence-corrected chi connectivity index (χ3v) is 6.03. The first-order valence-electron chi connectivity index (χ1n) is 7.98. The van der Waals surface area contributed by atoms with Crippen molar-refractivity contribution in [1.82, 2.24) is 14.4 Å². The molecule has 0 spiro atoms. The third-order valence-electron chi connectivity index (χ3n) is 3.91. The summed E-state index contributed by atoms with van der Waals surface area (Å²) in [5.41, 5.74) is 1.93. The molecule has 0 aliphatic heterocycles. The van der Waals surface area contributed by atoms with Gasteiger partial charge in [-0.15, -0.1) is 0 Å². The molecule has 26 heavy (non-hydrogen) atoms. The molecule has 0 amide bonds. The monoisotopic (exact) mass is 391 g/mol. The number of rotatable bonds is 6. The average Bonchev–Trinajstić information content (AvgIpc) is 3.09. The molecule has 136 valence electrons. The van der Waals surface area contributed by atoms with Crippen LogP contribution in [-0.2, 0) is 16.4 Å². The quantitative estimate of drug-likeness (QED) is 0.642. The van der Waals surface area contributed by atoms with Crippen molar-refractivity contribution >= 4 is 21.6 Å². The van der Waals surface area contributed by atoms with Crippen molar-refractivity contribution in [1.29, 1.82) is 0 Å². The van der Waals surface area contributed by atoms with Gasteiger partial charge in [0.1, 0.15) is 0 Å². The molecule has 0 aliphatic rings. The Balaban J connectivity index is 1.68. The highest BCUT2D eigenvalue weighted by atomic mass is 35.5. The van der Waals surface area contributed by atoms with Gasteiger partial charge in [-0.05, 0) is 43.3 Å². The summed E-state index contributed by atoms with van der Waals surface area (Å²) in [7, 11) is -2.07. The van der Waals surface area contributed by atoms with E-state index in [4.69, 9.17) is 16.1 Å². The molecule has 0 N–H and O–H groups in total. The van der Waals surface area contributed by atoms with Gasteiger partial charge in [-0.3, -0.25) is 0 Å². The first kappa shape index (κ1) is 18.6. The van der Waals surface area contributed by atoms with E-state index in [0.29, 0.717) is 23.2 Å². The molecule has 6 nitrogen and oxygen atoms in total. The molecular formula is C18H18ClN3O3S. The van der Waals surface area contributed by atoms with E-state index in [2.05, 4.69) is 10.1 Å². The largest absolute Gasteiger partial charge is 0.334 e. The Morgan fingerprint density at radius 1 is 1.15 bits per heavy atom. The Bertz CT molecular complexity index is 1000. The SMILES string of the molecule is Cc1cccc(-c2nc(CCN(C)S(=O)(=O)c3ccc(Cl)cc3)no2)c1. The number of hydrogen-bond donors (Lipinski definition) is 0. The molecule has 0 saturated heterocycles. The van der Waals surface area contributed by atoms with Gasteiger partial charge in [0, 0.05) is 30.6 Å². The zero-order valence-corrected chi connectivity index (χ0v) is 16.0. The van der Waals surface area contributed by atoms with E-state index < -0.39 is 10.0 Å². The Morgan fingerprint density at radius 2 is 1.88 bits per heavy atom. The van der Waals surface area contributed by atoms with Crippen molar-refractivity contribution in [2.24, 2.45) is 0 Å². The van der Waals surface area contributed by atoms with E-state index in [1.807, 2.05) is 31.2 Å². The van der Waals surface area contributed by atoms with E-state index in [9.17, 15) is 8.42 Å². The molecule has 0 fully saturated rings. The molecule has 1 aromatic heterocycles. The van der Waals surface area contributed by atoms with Crippen LogP contribution in [0.15, 0.2) is 57.9 Å². The normalized spacial score (nSPS) is 11.8. The van der Waals surface area contributed by atoms with Gasteiger partial charge in [-0.25, -0.2) is 12.7 Å². The van der Waals surface area contributed by atoms with Gasteiger partial charge < -0.3 is 4.52 Å². The summed E-state index contributed by atoms with van der Waals surface area (Å²) in [6.07, 6.45) is 0.346. The second-order valence-electron chi connectivity index (χ2n) is 5.92. The van der Waals surface area contributed by atoms with Gasteiger partial charge in [0.25, 0.3) is 5.89 Å². The number of sulfonamides is 1. The molecule has 8 heteroatoms. The molecule has 0 aliphatic carbocycles. The molecular weight excluding hydrogens is 374 g/mol. The van der Waals surface area contributed by atoms with Crippen molar-refractivity contribution in [2.45, 2.75) is 18.2 Å². The van der Waals surface area contributed by atoms with Crippen molar-refractivity contribution in [3.63, 3.8) is 0 Å². The topological polar surface area (TPSA) is 76.3 Å². The Morgan fingerprint density at radius 3 is 2.58 bits per heavy atom. The summed E-state index contributed by atoms with van der Waals surface area (Å²) >= 11 is 5.81. The second-order valence-corrected chi connectivity index (χ2v) is 8.40. The van der Waals surface area contributed by atoms with Crippen molar-refractivity contribution in [3.8, 4) is 11.5 Å². The van der Waals surface area contributed by atoms with Gasteiger partial charge in [0.15, 0.2) is 5.82 Å². The molecule has 0 atom stereocenters. The van der Waals surface area contributed by atoms with Gasteiger partial charge in [0.2, 0.25) is 10.0 Å². The summed E-state index contributed by atoms with van der Waals surface area (Å²) in [6, 6.07) is 13.8. The third kappa shape index (κ3) is 4.12. The number of halogens is 1. The van der Waals surface area contributed by atoms with Crippen LogP contribution in [0, 0.1) is 6.92 Å². The zero-order valence-electron chi connectivity index (χ0n) is 14.4. The van der Waals surface area contributed by atoms with Gasteiger partial charge in [-0.2, -0.15) is 4.98 Å². The Hall–Kier alpha value is -2.22.